The van der Waals surface area contributed by atoms with Crippen molar-refractivity contribution in [2.45, 2.75) is 13.5 Å². The fourth-order valence-corrected chi connectivity index (χ4v) is 3.13. The van der Waals surface area contributed by atoms with Gasteiger partial charge in [0.15, 0.2) is 0 Å². The maximum atomic E-state index is 12.3. The molecule has 0 bridgehead atoms. The average Bonchev–Trinajstić information content (AvgIpc) is 2.63. The molecule has 2 aromatic carbocycles. The summed E-state index contributed by atoms with van der Waals surface area (Å²) in [6, 6.07) is 16.4. The Hall–Kier alpha value is -2.01. The van der Waals surface area contributed by atoms with Gasteiger partial charge in [-0.1, -0.05) is 46.3 Å². The van der Waals surface area contributed by atoms with E-state index >= 15 is 0 Å². The van der Waals surface area contributed by atoms with Crippen molar-refractivity contribution in [1.29, 1.82) is 0 Å². The van der Waals surface area contributed by atoms with Gasteiger partial charge in [-0.15, -0.1) is 0 Å². The molecule has 5 heteroatoms. The fraction of sp³-hybridized carbons (Fsp3) is 0.316. The van der Waals surface area contributed by atoms with E-state index in [9.17, 15) is 4.79 Å². The van der Waals surface area contributed by atoms with E-state index in [1.54, 1.807) is 0 Å². The Morgan fingerprint density at radius 3 is 2.46 bits per heavy atom. The van der Waals surface area contributed by atoms with Gasteiger partial charge in [-0.2, -0.15) is 0 Å². The van der Waals surface area contributed by atoms with Crippen molar-refractivity contribution in [2.24, 2.45) is 0 Å². The SMILES string of the molecule is Cc1cc(N2CCN(C(=O)NCc3ccccc3)CC2)ccc1Br. The van der Waals surface area contributed by atoms with Crippen molar-refractivity contribution in [1.82, 2.24) is 10.2 Å². The highest BCUT2D eigenvalue weighted by Gasteiger charge is 2.21. The molecule has 24 heavy (non-hydrogen) atoms. The van der Waals surface area contributed by atoms with Crippen molar-refractivity contribution >= 4 is 27.6 Å². The first-order valence-electron chi connectivity index (χ1n) is 8.21. The Kier molecular flexibility index (Phi) is 5.41. The first-order valence-corrected chi connectivity index (χ1v) is 9.00. The molecule has 0 aliphatic carbocycles. The van der Waals surface area contributed by atoms with Gasteiger partial charge < -0.3 is 15.1 Å². The molecule has 1 heterocycles. The molecule has 1 aliphatic rings. The molecule has 0 aromatic heterocycles. The third-order valence-corrected chi connectivity index (χ3v) is 5.25. The summed E-state index contributed by atoms with van der Waals surface area (Å²) < 4.78 is 1.13. The summed E-state index contributed by atoms with van der Waals surface area (Å²) in [7, 11) is 0. The molecular formula is C19H22BrN3O. The van der Waals surface area contributed by atoms with Gasteiger partial charge in [-0.3, -0.25) is 0 Å². The zero-order chi connectivity index (χ0) is 16.9. The van der Waals surface area contributed by atoms with Crippen molar-refractivity contribution in [3.8, 4) is 0 Å². The standard InChI is InChI=1S/C19H22BrN3O/c1-15-13-17(7-8-18(15)20)22-9-11-23(12-10-22)19(24)21-14-16-5-3-2-4-6-16/h2-8,13H,9-12,14H2,1H3,(H,21,24). The summed E-state index contributed by atoms with van der Waals surface area (Å²) in [5, 5.41) is 3.00. The van der Waals surface area contributed by atoms with Gasteiger partial charge >= 0.3 is 6.03 Å². The molecule has 2 aromatic rings. The van der Waals surface area contributed by atoms with Crippen LogP contribution in [0, 0.1) is 6.92 Å². The van der Waals surface area contributed by atoms with Crippen LogP contribution in [0.2, 0.25) is 0 Å². The lowest BCUT2D eigenvalue weighted by atomic mass is 10.2. The maximum absolute atomic E-state index is 12.3. The van der Waals surface area contributed by atoms with Gasteiger partial charge in [0.25, 0.3) is 0 Å². The van der Waals surface area contributed by atoms with Crippen molar-refractivity contribution in [3.63, 3.8) is 0 Å². The van der Waals surface area contributed by atoms with Crippen LogP contribution in [-0.4, -0.2) is 37.1 Å². The predicted octanol–water partition coefficient (Wildman–Crippen LogP) is 3.79. The van der Waals surface area contributed by atoms with Crippen LogP contribution in [0.15, 0.2) is 53.0 Å². The molecule has 0 saturated carbocycles. The summed E-state index contributed by atoms with van der Waals surface area (Å²) in [4.78, 5) is 16.5. The average molecular weight is 388 g/mol. The normalized spacial score (nSPS) is 14.6. The van der Waals surface area contributed by atoms with Gasteiger partial charge in [0.1, 0.15) is 0 Å². The molecule has 0 spiro atoms. The van der Waals surface area contributed by atoms with Crippen LogP contribution in [0.25, 0.3) is 0 Å². The second-order valence-corrected chi connectivity index (χ2v) is 6.91. The number of urea groups is 1. The molecule has 126 valence electrons. The highest BCUT2D eigenvalue weighted by molar-refractivity contribution is 9.10. The van der Waals surface area contributed by atoms with Crippen molar-refractivity contribution in [2.75, 3.05) is 31.1 Å². The third kappa shape index (κ3) is 4.09. The summed E-state index contributed by atoms with van der Waals surface area (Å²) in [6.07, 6.45) is 0. The lowest BCUT2D eigenvalue weighted by Crippen LogP contribution is -2.51. The van der Waals surface area contributed by atoms with Gasteiger partial charge in [0, 0.05) is 42.9 Å². The number of aryl methyl sites for hydroxylation is 1. The number of nitrogens with zero attached hydrogens (tertiary/aromatic N) is 2. The predicted molar refractivity (Wildman–Crippen MR) is 101 cm³/mol. The van der Waals surface area contributed by atoms with Crippen LogP contribution in [0.3, 0.4) is 0 Å². The van der Waals surface area contributed by atoms with Crippen LogP contribution < -0.4 is 10.2 Å². The van der Waals surface area contributed by atoms with Crippen LogP contribution in [0.4, 0.5) is 10.5 Å². The number of rotatable bonds is 3. The molecule has 0 radical (unpaired) electrons. The van der Waals surface area contributed by atoms with Crippen LogP contribution in [-0.2, 0) is 6.54 Å². The van der Waals surface area contributed by atoms with E-state index in [-0.39, 0.29) is 6.03 Å². The Labute approximate surface area is 151 Å². The minimum absolute atomic E-state index is 0.0190. The molecule has 1 fully saturated rings. The zero-order valence-electron chi connectivity index (χ0n) is 13.8. The molecular weight excluding hydrogens is 366 g/mol. The number of nitrogens with one attached hydrogen (secondary N) is 1. The Balaban J connectivity index is 1.51. The second kappa shape index (κ2) is 7.71. The molecule has 0 atom stereocenters. The smallest absolute Gasteiger partial charge is 0.317 e. The molecule has 0 unspecified atom stereocenters. The lowest BCUT2D eigenvalue weighted by Gasteiger charge is -2.36. The number of benzene rings is 2. The number of hydrogen-bond acceptors (Lipinski definition) is 2. The number of halogens is 1. The number of amides is 2. The lowest BCUT2D eigenvalue weighted by molar-refractivity contribution is 0.194. The molecule has 1 saturated heterocycles. The number of carbonyl (C=O) groups is 1. The van der Waals surface area contributed by atoms with E-state index < -0.39 is 0 Å². The number of piperazine rings is 1. The van der Waals surface area contributed by atoms with E-state index in [1.807, 2.05) is 35.2 Å². The van der Waals surface area contributed by atoms with Gasteiger partial charge in [0.2, 0.25) is 0 Å². The Morgan fingerprint density at radius 1 is 1.08 bits per heavy atom. The van der Waals surface area contributed by atoms with Gasteiger partial charge in [-0.25, -0.2) is 4.79 Å². The van der Waals surface area contributed by atoms with E-state index in [2.05, 4.69) is 51.3 Å². The first-order chi connectivity index (χ1) is 11.6. The van der Waals surface area contributed by atoms with Gasteiger partial charge in [-0.05, 0) is 36.2 Å². The molecule has 1 aliphatic heterocycles. The van der Waals surface area contributed by atoms with E-state index in [0.29, 0.717) is 6.54 Å². The number of hydrogen-bond donors (Lipinski definition) is 1. The topological polar surface area (TPSA) is 35.6 Å². The molecule has 2 amide bonds. The summed E-state index contributed by atoms with van der Waals surface area (Å²) >= 11 is 3.54. The van der Waals surface area contributed by atoms with Crippen LogP contribution in [0.1, 0.15) is 11.1 Å². The maximum Gasteiger partial charge on any atom is 0.317 e. The Morgan fingerprint density at radius 2 is 1.79 bits per heavy atom. The number of anilines is 1. The highest BCUT2D eigenvalue weighted by Crippen LogP contribution is 2.23. The van der Waals surface area contributed by atoms with Crippen molar-refractivity contribution < 1.29 is 4.79 Å². The van der Waals surface area contributed by atoms with Crippen LogP contribution in [0.5, 0.6) is 0 Å². The van der Waals surface area contributed by atoms with Gasteiger partial charge in [0.05, 0.1) is 0 Å². The summed E-state index contributed by atoms with van der Waals surface area (Å²) in [6.45, 7) is 5.89. The van der Waals surface area contributed by atoms with E-state index in [1.165, 1.54) is 11.3 Å². The first kappa shape index (κ1) is 16.8. The molecule has 4 nitrogen and oxygen atoms in total. The van der Waals surface area contributed by atoms with E-state index in [4.69, 9.17) is 0 Å². The summed E-state index contributed by atoms with van der Waals surface area (Å²) in [5.74, 6) is 0. The van der Waals surface area contributed by atoms with Crippen LogP contribution >= 0.6 is 15.9 Å². The van der Waals surface area contributed by atoms with E-state index in [0.717, 1.165) is 36.2 Å². The minimum atomic E-state index is 0.0190. The zero-order valence-corrected chi connectivity index (χ0v) is 15.4. The van der Waals surface area contributed by atoms with Crippen molar-refractivity contribution in [3.05, 3.63) is 64.1 Å². The quantitative estimate of drug-likeness (QED) is 0.869. The Bertz CT molecular complexity index is 697. The molecule has 3 rings (SSSR count). The second-order valence-electron chi connectivity index (χ2n) is 6.05. The summed E-state index contributed by atoms with van der Waals surface area (Å²) in [5.41, 5.74) is 3.57. The highest BCUT2D eigenvalue weighted by atomic mass is 79.9. The number of carbonyl (C=O) groups excluding carboxylic acids is 1. The third-order valence-electron chi connectivity index (χ3n) is 4.36. The fourth-order valence-electron chi connectivity index (χ4n) is 2.88. The largest absolute Gasteiger partial charge is 0.368 e. The molecule has 1 N–H and O–H groups in total. The monoisotopic (exact) mass is 387 g/mol. The minimum Gasteiger partial charge on any atom is -0.368 e.